The molecule has 4 rings (SSSR count). The third kappa shape index (κ3) is 5.25. The van der Waals surface area contributed by atoms with Crippen LogP contribution in [0.25, 0.3) is 0 Å². The summed E-state index contributed by atoms with van der Waals surface area (Å²) >= 11 is 6.42. The molecule has 0 fully saturated rings. The number of fused-ring (bicyclic) bond motifs is 1. The zero-order valence-corrected chi connectivity index (χ0v) is 18.4. The van der Waals surface area contributed by atoms with Gasteiger partial charge in [0.05, 0.1) is 6.20 Å². The molecule has 3 aromatic rings. The molecule has 1 atom stereocenters. The number of likely N-dealkylation sites (N-methyl/N-ethyl adjacent to an activating group) is 1. The topological polar surface area (TPSA) is 73.8 Å². The normalized spacial score (nSPS) is 13.9. The molecule has 31 heavy (non-hydrogen) atoms. The maximum absolute atomic E-state index is 9.92. The number of rotatable bonds is 8. The van der Waals surface area contributed by atoms with Gasteiger partial charge >= 0.3 is 0 Å². The Morgan fingerprint density at radius 3 is 2.74 bits per heavy atom. The third-order valence-corrected chi connectivity index (χ3v) is 5.26. The monoisotopic (exact) mass is 439 g/mol. The molecule has 2 aromatic carbocycles. The molecule has 1 aliphatic heterocycles. The predicted molar refractivity (Wildman–Crippen MR) is 124 cm³/mol. The molecular weight excluding hydrogens is 414 g/mol. The van der Waals surface area contributed by atoms with Crippen molar-refractivity contribution in [1.82, 2.24) is 14.9 Å². The van der Waals surface area contributed by atoms with E-state index in [1.165, 1.54) is 5.56 Å². The van der Waals surface area contributed by atoms with Gasteiger partial charge in [-0.1, -0.05) is 29.8 Å². The second-order valence-corrected chi connectivity index (χ2v) is 8.18. The molecule has 1 aliphatic rings. The van der Waals surface area contributed by atoms with Gasteiger partial charge in [0.1, 0.15) is 23.5 Å². The highest BCUT2D eigenvalue weighted by molar-refractivity contribution is 6.33. The van der Waals surface area contributed by atoms with Gasteiger partial charge in [-0.15, -0.1) is 0 Å². The Balaban J connectivity index is 1.43. The van der Waals surface area contributed by atoms with Crippen molar-refractivity contribution in [2.45, 2.75) is 12.5 Å². The lowest BCUT2D eigenvalue weighted by atomic mass is 10.2. The average Bonchev–Trinajstić information content (AvgIpc) is 3.18. The third-order valence-electron chi connectivity index (χ3n) is 5.00. The molecule has 1 unspecified atom stereocenters. The number of anilines is 4. The van der Waals surface area contributed by atoms with Crippen LogP contribution in [0.5, 0.6) is 5.75 Å². The molecule has 2 heterocycles. The van der Waals surface area contributed by atoms with Gasteiger partial charge in [-0.3, -0.25) is 0 Å². The van der Waals surface area contributed by atoms with Gasteiger partial charge in [-0.25, -0.2) is 4.98 Å². The lowest BCUT2D eigenvalue weighted by molar-refractivity contribution is 0.0831. The van der Waals surface area contributed by atoms with E-state index < -0.39 is 6.10 Å². The van der Waals surface area contributed by atoms with Crippen LogP contribution in [0.2, 0.25) is 5.02 Å². The zero-order valence-electron chi connectivity index (χ0n) is 17.6. The highest BCUT2D eigenvalue weighted by Gasteiger charge is 2.23. The minimum Gasteiger partial charge on any atom is -0.491 e. The lowest BCUT2D eigenvalue weighted by Gasteiger charge is -2.20. The van der Waals surface area contributed by atoms with E-state index >= 15 is 0 Å². The lowest BCUT2D eigenvalue weighted by Crippen LogP contribution is -2.30. The van der Waals surface area contributed by atoms with Crippen molar-refractivity contribution >= 4 is 34.7 Å². The fourth-order valence-electron chi connectivity index (χ4n) is 3.60. The Kier molecular flexibility index (Phi) is 6.56. The Labute approximate surface area is 187 Å². The number of halogens is 1. The van der Waals surface area contributed by atoms with Gasteiger partial charge in [-0.05, 0) is 56.4 Å². The van der Waals surface area contributed by atoms with Crippen molar-refractivity contribution in [2.75, 3.05) is 44.0 Å². The van der Waals surface area contributed by atoms with Gasteiger partial charge in [-0.2, -0.15) is 4.98 Å². The van der Waals surface area contributed by atoms with Crippen molar-refractivity contribution in [3.8, 4) is 5.75 Å². The van der Waals surface area contributed by atoms with Crippen LogP contribution < -0.4 is 15.0 Å². The van der Waals surface area contributed by atoms with E-state index in [0.29, 0.717) is 29.1 Å². The number of hydrogen-bond acceptors (Lipinski definition) is 7. The molecule has 7 nitrogen and oxygen atoms in total. The molecule has 162 valence electrons. The maximum Gasteiger partial charge on any atom is 0.229 e. The highest BCUT2D eigenvalue weighted by Crippen LogP contribution is 2.37. The number of ether oxygens (including phenoxy) is 1. The Morgan fingerprint density at radius 2 is 1.97 bits per heavy atom. The SMILES string of the molecule is CN(C)CC(O)COc1ccc(Nc2ncc(Cl)c(N3CCc4ccccc43)n2)cc1. The first-order chi connectivity index (χ1) is 15.0. The van der Waals surface area contributed by atoms with E-state index in [2.05, 4.69) is 32.3 Å². The van der Waals surface area contributed by atoms with Crippen LogP contribution >= 0.6 is 11.6 Å². The quantitative estimate of drug-likeness (QED) is 0.551. The molecule has 0 amide bonds. The molecule has 0 spiro atoms. The fourth-order valence-corrected chi connectivity index (χ4v) is 3.79. The number of aliphatic hydroxyl groups excluding tert-OH is 1. The Bertz CT molecular complexity index is 1030. The first-order valence-corrected chi connectivity index (χ1v) is 10.6. The first-order valence-electron chi connectivity index (χ1n) is 10.2. The van der Waals surface area contributed by atoms with E-state index in [1.807, 2.05) is 55.4 Å². The molecular formula is C23H26ClN5O2. The van der Waals surface area contributed by atoms with Crippen molar-refractivity contribution in [3.05, 3.63) is 65.3 Å². The van der Waals surface area contributed by atoms with Gasteiger partial charge in [0.2, 0.25) is 5.95 Å². The number of nitrogens with zero attached hydrogens (tertiary/aromatic N) is 4. The summed E-state index contributed by atoms with van der Waals surface area (Å²) < 4.78 is 5.65. The molecule has 0 bridgehead atoms. The van der Waals surface area contributed by atoms with Gasteiger partial charge in [0.25, 0.3) is 0 Å². The number of para-hydroxylation sites is 1. The van der Waals surface area contributed by atoms with E-state index in [-0.39, 0.29) is 6.61 Å². The second kappa shape index (κ2) is 9.51. The summed E-state index contributed by atoms with van der Waals surface area (Å²) in [4.78, 5) is 13.0. The van der Waals surface area contributed by atoms with Crippen LogP contribution in [0.15, 0.2) is 54.7 Å². The van der Waals surface area contributed by atoms with Gasteiger partial charge in [0.15, 0.2) is 5.82 Å². The van der Waals surface area contributed by atoms with Crippen LogP contribution in [-0.2, 0) is 6.42 Å². The minimum atomic E-state index is -0.538. The zero-order chi connectivity index (χ0) is 21.8. The number of hydrogen-bond donors (Lipinski definition) is 2. The number of nitrogens with one attached hydrogen (secondary N) is 1. The van der Waals surface area contributed by atoms with Crippen molar-refractivity contribution in [3.63, 3.8) is 0 Å². The van der Waals surface area contributed by atoms with E-state index in [9.17, 15) is 5.11 Å². The molecule has 0 aliphatic carbocycles. The summed E-state index contributed by atoms with van der Waals surface area (Å²) in [6.45, 7) is 1.63. The minimum absolute atomic E-state index is 0.242. The van der Waals surface area contributed by atoms with Crippen LogP contribution in [0.4, 0.5) is 23.1 Å². The number of aliphatic hydroxyl groups is 1. The molecule has 1 aromatic heterocycles. The van der Waals surface area contributed by atoms with Gasteiger partial charge < -0.3 is 25.0 Å². The molecule has 2 N–H and O–H groups in total. The summed E-state index contributed by atoms with van der Waals surface area (Å²) in [5.41, 5.74) is 3.25. The van der Waals surface area contributed by atoms with Gasteiger partial charge in [0, 0.05) is 24.5 Å². The second-order valence-electron chi connectivity index (χ2n) is 7.77. The molecule has 0 saturated heterocycles. The summed E-state index contributed by atoms with van der Waals surface area (Å²) in [7, 11) is 3.83. The Hall–Kier alpha value is -2.87. The van der Waals surface area contributed by atoms with E-state index in [4.69, 9.17) is 16.3 Å². The summed E-state index contributed by atoms with van der Waals surface area (Å²) in [5, 5.41) is 13.7. The molecule has 0 saturated carbocycles. The van der Waals surface area contributed by atoms with Crippen LogP contribution in [-0.4, -0.2) is 59.9 Å². The number of aromatic nitrogens is 2. The summed E-state index contributed by atoms with van der Waals surface area (Å²) in [5.74, 6) is 1.85. The van der Waals surface area contributed by atoms with Crippen molar-refractivity contribution in [1.29, 1.82) is 0 Å². The largest absolute Gasteiger partial charge is 0.491 e. The Morgan fingerprint density at radius 1 is 1.19 bits per heavy atom. The van der Waals surface area contributed by atoms with E-state index in [0.717, 1.165) is 24.3 Å². The average molecular weight is 440 g/mol. The predicted octanol–water partition coefficient (Wildman–Crippen LogP) is 3.87. The number of benzene rings is 2. The van der Waals surface area contributed by atoms with Crippen LogP contribution in [0.1, 0.15) is 5.56 Å². The fraction of sp³-hybridized carbons (Fsp3) is 0.304. The smallest absolute Gasteiger partial charge is 0.229 e. The molecule has 0 radical (unpaired) electrons. The van der Waals surface area contributed by atoms with Crippen LogP contribution in [0, 0.1) is 0 Å². The first kappa shape index (κ1) is 21.4. The van der Waals surface area contributed by atoms with Crippen molar-refractivity contribution < 1.29 is 9.84 Å². The molecule has 8 heteroatoms. The summed E-state index contributed by atoms with van der Waals surface area (Å²) in [6.07, 6.45) is 2.05. The van der Waals surface area contributed by atoms with Crippen LogP contribution in [0.3, 0.4) is 0 Å². The van der Waals surface area contributed by atoms with Crippen molar-refractivity contribution in [2.24, 2.45) is 0 Å². The standard InChI is InChI=1S/C23H26ClN5O2/c1-28(2)14-18(30)15-31-19-9-7-17(8-10-19)26-23-25-13-20(24)22(27-23)29-12-11-16-5-3-4-6-21(16)29/h3-10,13,18,30H,11-12,14-15H2,1-2H3,(H,25,26,27). The van der Waals surface area contributed by atoms with E-state index in [1.54, 1.807) is 6.20 Å². The maximum atomic E-state index is 9.92. The summed E-state index contributed by atoms with van der Waals surface area (Å²) in [6, 6.07) is 15.8. The highest BCUT2D eigenvalue weighted by atomic mass is 35.5.